The topological polar surface area (TPSA) is 81.4 Å². The Labute approximate surface area is 127 Å². The van der Waals surface area contributed by atoms with Gasteiger partial charge in [0.2, 0.25) is 5.91 Å². The minimum atomic E-state index is -0.429. The van der Waals surface area contributed by atoms with Crippen molar-refractivity contribution in [1.82, 2.24) is 5.32 Å². The maximum Gasteiger partial charge on any atom is 0.307 e. The van der Waals surface area contributed by atoms with Crippen LogP contribution < -0.4 is 11.1 Å². The van der Waals surface area contributed by atoms with Crippen LogP contribution in [0.1, 0.15) is 24.9 Å². The first-order valence-electron chi connectivity index (χ1n) is 6.30. The molecule has 0 aliphatic heterocycles. The van der Waals surface area contributed by atoms with E-state index in [9.17, 15) is 9.59 Å². The largest absolute Gasteiger partial charge is 0.469 e. The monoisotopic (exact) mass is 342 g/mol. The summed E-state index contributed by atoms with van der Waals surface area (Å²) in [5.41, 5.74) is 6.31. The molecule has 3 N–H and O–H groups in total. The van der Waals surface area contributed by atoms with E-state index in [1.54, 1.807) is 6.92 Å². The van der Waals surface area contributed by atoms with Crippen molar-refractivity contribution in [3.63, 3.8) is 0 Å². The molecule has 0 saturated carbocycles. The molecule has 0 spiro atoms. The minimum absolute atomic E-state index is 0.0793. The lowest BCUT2D eigenvalue weighted by molar-refractivity contribution is -0.141. The Morgan fingerprint density at radius 2 is 2.15 bits per heavy atom. The van der Waals surface area contributed by atoms with Crippen molar-refractivity contribution in [2.45, 2.75) is 19.4 Å². The fraction of sp³-hybridized carbons (Fsp3) is 0.429. The average molecular weight is 343 g/mol. The zero-order chi connectivity index (χ0) is 15.1. The molecular formula is C14H19BrN2O3. The van der Waals surface area contributed by atoms with E-state index < -0.39 is 6.04 Å². The number of carbonyl (C=O) groups excluding carboxylic acids is 2. The number of nitrogens with two attached hydrogens (primary N) is 1. The average Bonchev–Trinajstić information content (AvgIpc) is 2.45. The standard InChI is InChI=1S/C14H19BrN2O3/c1-9(8-16)14(19)17-12(7-13(18)20-2)10-4-3-5-11(15)6-10/h3-6,9,12H,7-8,16H2,1-2H3,(H,17,19). The second-order valence-corrected chi connectivity index (χ2v) is 5.45. The summed E-state index contributed by atoms with van der Waals surface area (Å²) >= 11 is 3.37. The Morgan fingerprint density at radius 3 is 2.70 bits per heavy atom. The molecule has 1 aromatic carbocycles. The second kappa shape index (κ2) is 8.01. The first kappa shape index (κ1) is 16.7. The maximum absolute atomic E-state index is 12.0. The van der Waals surface area contributed by atoms with E-state index in [1.807, 2.05) is 24.3 Å². The zero-order valence-electron chi connectivity index (χ0n) is 11.6. The van der Waals surface area contributed by atoms with Gasteiger partial charge in [0.1, 0.15) is 0 Å². The number of hydrogen-bond acceptors (Lipinski definition) is 4. The third kappa shape index (κ3) is 4.94. The van der Waals surface area contributed by atoms with Crippen LogP contribution in [0, 0.1) is 5.92 Å². The van der Waals surface area contributed by atoms with Crippen LogP contribution in [0.15, 0.2) is 28.7 Å². The number of methoxy groups -OCH3 is 1. The molecule has 0 saturated heterocycles. The zero-order valence-corrected chi connectivity index (χ0v) is 13.1. The minimum Gasteiger partial charge on any atom is -0.469 e. The van der Waals surface area contributed by atoms with Gasteiger partial charge in [-0.15, -0.1) is 0 Å². The van der Waals surface area contributed by atoms with Gasteiger partial charge in [0.05, 0.1) is 19.6 Å². The lowest BCUT2D eigenvalue weighted by Crippen LogP contribution is -2.36. The Bertz CT molecular complexity index is 479. The Morgan fingerprint density at radius 1 is 1.45 bits per heavy atom. The van der Waals surface area contributed by atoms with Gasteiger partial charge < -0.3 is 15.8 Å². The molecule has 0 fully saturated rings. The van der Waals surface area contributed by atoms with E-state index in [0.717, 1.165) is 10.0 Å². The Balaban J connectivity index is 2.90. The molecule has 0 aliphatic rings. The number of amides is 1. The van der Waals surface area contributed by atoms with E-state index in [1.165, 1.54) is 7.11 Å². The second-order valence-electron chi connectivity index (χ2n) is 4.53. The van der Waals surface area contributed by atoms with Crippen LogP contribution in [-0.4, -0.2) is 25.5 Å². The fourth-order valence-corrected chi connectivity index (χ4v) is 2.06. The number of halogens is 1. The van der Waals surface area contributed by atoms with Gasteiger partial charge in [0.15, 0.2) is 0 Å². The molecule has 0 aliphatic carbocycles. The lowest BCUT2D eigenvalue weighted by Gasteiger charge is -2.20. The predicted molar refractivity (Wildman–Crippen MR) is 79.9 cm³/mol. The van der Waals surface area contributed by atoms with E-state index in [-0.39, 0.29) is 30.8 Å². The molecule has 20 heavy (non-hydrogen) atoms. The smallest absolute Gasteiger partial charge is 0.307 e. The maximum atomic E-state index is 12.0. The Hall–Kier alpha value is -1.40. The van der Waals surface area contributed by atoms with Gasteiger partial charge >= 0.3 is 5.97 Å². The molecule has 5 nitrogen and oxygen atoms in total. The predicted octanol–water partition coefficient (Wildman–Crippen LogP) is 1.76. The highest BCUT2D eigenvalue weighted by Gasteiger charge is 2.21. The van der Waals surface area contributed by atoms with E-state index in [2.05, 4.69) is 26.0 Å². The number of hydrogen-bond donors (Lipinski definition) is 2. The van der Waals surface area contributed by atoms with Crippen molar-refractivity contribution in [3.05, 3.63) is 34.3 Å². The summed E-state index contributed by atoms with van der Waals surface area (Å²) in [7, 11) is 1.32. The number of esters is 1. The van der Waals surface area contributed by atoms with Crippen LogP contribution in [0.25, 0.3) is 0 Å². The first-order valence-corrected chi connectivity index (χ1v) is 7.10. The molecule has 2 atom stereocenters. The third-order valence-electron chi connectivity index (χ3n) is 2.97. The number of nitrogens with one attached hydrogen (secondary N) is 1. The molecule has 0 heterocycles. The lowest BCUT2D eigenvalue weighted by atomic mass is 10.0. The van der Waals surface area contributed by atoms with E-state index in [0.29, 0.717) is 0 Å². The molecule has 0 radical (unpaired) electrons. The van der Waals surface area contributed by atoms with Crippen molar-refractivity contribution in [1.29, 1.82) is 0 Å². The van der Waals surface area contributed by atoms with Crippen molar-refractivity contribution >= 4 is 27.8 Å². The molecule has 1 amide bonds. The number of benzene rings is 1. The van der Waals surface area contributed by atoms with Crippen LogP contribution >= 0.6 is 15.9 Å². The highest BCUT2D eigenvalue weighted by molar-refractivity contribution is 9.10. The summed E-state index contributed by atoms with van der Waals surface area (Å²) < 4.78 is 5.55. The highest BCUT2D eigenvalue weighted by atomic mass is 79.9. The summed E-state index contributed by atoms with van der Waals surface area (Å²) in [5.74, 6) is -0.862. The van der Waals surface area contributed by atoms with Crippen LogP contribution in [0.3, 0.4) is 0 Å². The Kier molecular flexibility index (Phi) is 6.67. The molecule has 0 bridgehead atoms. The van der Waals surface area contributed by atoms with Gasteiger partial charge in [-0.25, -0.2) is 0 Å². The van der Waals surface area contributed by atoms with Crippen LogP contribution in [-0.2, 0) is 14.3 Å². The fourth-order valence-electron chi connectivity index (χ4n) is 1.65. The number of rotatable bonds is 6. The number of carbonyl (C=O) groups is 2. The first-order chi connectivity index (χ1) is 9.47. The SMILES string of the molecule is COC(=O)CC(NC(=O)C(C)CN)c1cccc(Br)c1. The normalized spacial score (nSPS) is 13.4. The molecule has 2 unspecified atom stereocenters. The summed E-state index contributed by atoms with van der Waals surface area (Å²) in [6.45, 7) is 2.00. The van der Waals surface area contributed by atoms with Gasteiger partial charge in [-0.1, -0.05) is 35.0 Å². The third-order valence-corrected chi connectivity index (χ3v) is 3.46. The molecule has 110 valence electrons. The molecule has 1 aromatic rings. The van der Waals surface area contributed by atoms with Gasteiger partial charge in [-0.05, 0) is 17.7 Å². The molecule has 0 aromatic heterocycles. The van der Waals surface area contributed by atoms with Crippen LogP contribution in [0.5, 0.6) is 0 Å². The van der Waals surface area contributed by atoms with Gasteiger partial charge in [0.25, 0.3) is 0 Å². The molecular weight excluding hydrogens is 324 g/mol. The summed E-state index contributed by atoms with van der Waals surface area (Å²) in [6.07, 6.45) is 0.0793. The van der Waals surface area contributed by atoms with Crippen molar-refractivity contribution < 1.29 is 14.3 Å². The molecule has 6 heteroatoms. The summed E-state index contributed by atoms with van der Waals surface area (Å²) in [6, 6.07) is 7.01. The van der Waals surface area contributed by atoms with Gasteiger partial charge in [-0.3, -0.25) is 9.59 Å². The van der Waals surface area contributed by atoms with Crippen LogP contribution in [0.2, 0.25) is 0 Å². The van der Waals surface area contributed by atoms with Crippen molar-refractivity contribution in [3.8, 4) is 0 Å². The highest BCUT2D eigenvalue weighted by Crippen LogP contribution is 2.21. The van der Waals surface area contributed by atoms with Crippen LogP contribution in [0.4, 0.5) is 0 Å². The quantitative estimate of drug-likeness (QED) is 0.772. The van der Waals surface area contributed by atoms with Crippen molar-refractivity contribution in [2.75, 3.05) is 13.7 Å². The summed E-state index contributed by atoms with van der Waals surface area (Å²) in [4.78, 5) is 23.4. The summed E-state index contributed by atoms with van der Waals surface area (Å²) in [5, 5.41) is 2.84. The van der Waals surface area contributed by atoms with Crippen molar-refractivity contribution in [2.24, 2.45) is 11.7 Å². The van der Waals surface area contributed by atoms with Gasteiger partial charge in [-0.2, -0.15) is 0 Å². The molecule has 1 rings (SSSR count). The number of ether oxygens (including phenoxy) is 1. The van der Waals surface area contributed by atoms with E-state index >= 15 is 0 Å². The van der Waals surface area contributed by atoms with Gasteiger partial charge in [0, 0.05) is 16.9 Å². The van der Waals surface area contributed by atoms with E-state index in [4.69, 9.17) is 5.73 Å².